The van der Waals surface area contributed by atoms with Crippen LogP contribution in [0.15, 0.2) is 42.6 Å². The van der Waals surface area contributed by atoms with E-state index in [4.69, 9.17) is 12.2 Å². The molecule has 1 aromatic carbocycles. The molecule has 0 spiro atoms. The number of H-pyrrole nitrogens is 1. The van der Waals surface area contributed by atoms with Crippen molar-refractivity contribution in [3.8, 4) is 0 Å². The third-order valence-corrected chi connectivity index (χ3v) is 4.53. The first-order valence-electron chi connectivity index (χ1n) is 7.21. The molecule has 0 aliphatic carbocycles. The molecule has 1 aromatic heterocycles. The summed E-state index contributed by atoms with van der Waals surface area (Å²) in [6, 6.07) is 13.5. The number of nitrogens with zero attached hydrogens (tertiary/aromatic N) is 1. The average molecular weight is 284 g/mol. The fourth-order valence-electron chi connectivity index (χ4n) is 3.02. The van der Waals surface area contributed by atoms with Crippen molar-refractivity contribution in [2.45, 2.75) is 32.4 Å². The first kappa shape index (κ1) is 13.5. The van der Waals surface area contributed by atoms with Crippen LogP contribution in [0.25, 0.3) is 0 Å². The van der Waals surface area contributed by atoms with Crippen molar-refractivity contribution in [3.05, 3.63) is 63.9 Å². The first-order chi connectivity index (χ1) is 9.74. The van der Waals surface area contributed by atoms with Gasteiger partial charge in [-0.1, -0.05) is 48.6 Å². The van der Waals surface area contributed by atoms with Gasteiger partial charge >= 0.3 is 0 Å². The van der Waals surface area contributed by atoms with Gasteiger partial charge < -0.3 is 4.98 Å². The maximum atomic E-state index is 5.25. The van der Waals surface area contributed by atoms with Crippen LogP contribution in [-0.4, -0.2) is 16.4 Å². The van der Waals surface area contributed by atoms with Gasteiger partial charge in [0.1, 0.15) is 4.64 Å². The Hall–Kier alpha value is -1.45. The van der Waals surface area contributed by atoms with Crippen LogP contribution in [0.2, 0.25) is 0 Å². The van der Waals surface area contributed by atoms with Gasteiger partial charge in [0.05, 0.1) is 0 Å². The van der Waals surface area contributed by atoms with Gasteiger partial charge in [0.25, 0.3) is 0 Å². The Morgan fingerprint density at radius 2 is 2.10 bits per heavy atom. The van der Waals surface area contributed by atoms with Crippen LogP contribution < -0.4 is 0 Å². The van der Waals surface area contributed by atoms with Gasteiger partial charge in [0.2, 0.25) is 0 Å². The Morgan fingerprint density at radius 1 is 1.30 bits per heavy atom. The van der Waals surface area contributed by atoms with Crippen molar-refractivity contribution in [2.24, 2.45) is 0 Å². The van der Waals surface area contributed by atoms with E-state index in [0.717, 1.165) is 11.2 Å². The van der Waals surface area contributed by atoms with Gasteiger partial charge in [-0.15, -0.1) is 0 Å². The van der Waals surface area contributed by atoms with Crippen LogP contribution in [0.5, 0.6) is 0 Å². The minimum atomic E-state index is 0.515. The van der Waals surface area contributed by atoms with E-state index in [1.165, 1.54) is 36.1 Å². The molecule has 3 heteroatoms. The Balaban J connectivity index is 1.81. The largest absolute Gasteiger partial charge is 0.352 e. The SMILES string of the molecule is Cc1cc([C@@H]2CCCN2Cc2ccccc2)c[nH]c1=S. The zero-order valence-electron chi connectivity index (χ0n) is 11.8. The number of rotatable bonds is 3. The van der Waals surface area contributed by atoms with Gasteiger partial charge in [-0.3, -0.25) is 4.90 Å². The summed E-state index contributed by atoms with van der Waals surface area (Å²) in [5.74, 6) is 0. The predicted octanol–water partition coefficient (Wildman–Crippen LogP) is 4.39. The highest BCUT2D eigenvalue weighted by atomic mass is 32.1. The number of likely N-dealkylation sites (tertiary alicyclic amines) is 1. The second kappa shape index (κ2) is 5.90. The second-order valence-electron chi connectivity index (χ2n) is 5.56. The van der Waals surface area contributed by atoms with Gasteiger partial charge in [-0.05, 0) is 43.0 Å². The molecule has 1 aliphatic heterocycles. The summed E-state index contributed by atoms with van der Waals surface area (Å²) in [4.78, 5) is 5.79. The van der Waals surface area contributed by atoms with Crippen molar-refractivity contribution in [1.82, 2.24) is 9.88 Å². The molecule has 0 saturated carbocycles. The van der Waals surface area contributed by atoms with Crippen molar-refractivity contribution in [3.63, 3.8) is 0 Å². The number of nitrogens with one attached hydrogen (secondary N) is 1. The number of aromatic nitrogens is 1. The van der Waals surface area contributed by atoms with Crippen LogP contribution in [0.3, 0.4) is 0 Å². The van der Waals surface area contributed by atoms with Gasteiger partial charge in [0.15, 0.2) is 0 Å². The normalized spacial score (nSPS) is 19.4. The van der Waals surface area contributed by atoms with E-state index in [9.17, 15) is 0 Å². The number of hydrogen-bond donors (Lipinski definition) is 1. The lowest BCUT2D eigenvalue weighted by Crippen LogP contribution is -2.22. The predicted molar refractivity (Wildman–Crippen MR) is 85.2 cm³/mol. The number of benzene rings is 1. The molecule has 0 unspecified atom stereocenters. The Labute approximate surface area is 125 Å². The molecule has 2 heterocycles. The summed E-state index contributed by atoms with van der Waals surface area (Å²) in [6.07, 6.45) is 4.59. The van der Waals surface area contributed by atoms with Crippen LogP contribution in [0.4, 0.5) is 0 Å². The quantitative estimate of drug-likeness (QED) is 0.843. The minimum absolute atomic E-state index is 0.515. The summed E-state index contributed by atoms with van der Waals surface area (Å²) in [6.45, 7) is 4.28. The number of pyridine rings is 1. The van der Waals surface area contributed by atoms with Crippen molar-refractivity contribution in [2.75, 3.05) is 6.54 Å². The molecule has 3 rings (SSSR count). The molecule has 0 amide bonds. The van der Waals surface area contributed by atoms with Crippen molar-refractivity contribution in [1.29, 1.82) is 0 Å². The molecule has 1 fully saturated rings. The average Bonchev–Trinajstić information content (AvgIpc) is 2.91. The lowest BCUT2D eigenvalue weighted by Gasteiger charge is -2.25. The molecule has 104 valence electrons. The van der Waals surface area contributed by atoms with Crippen molar-refractivity contribution >= 4 is 12.2 Å². The molecule has 1 N–H and O–H groups in total. The highest BCUT2D eigenvalue weighted by Crippen LogP contribution is 2.33. The van der Waals surface area contributed by atoms with Crippen LogP contribution in [0, 0.1) is 11.6 Å². The zero-order chi connectivity index (χ0) is 13.9. The molecule has 0 radical (unpaired) electrons. The summed E-state index contributed by atoms with van der Waals surface area (Å²) < 4.78 is 0.848. The summed E-state index contributed by atoms with van der Waals surface area (Å²) >= 11 is 5.25. The van der Waals surface area contributed by atoms with Gasteiger partial charge in [-0.2, -0.15) is 0 Å². The van der Waals surface area contributed by atoms with E-state index in [0.29, 0.717) is 6.04 Å². The van der Waals surface area contributed by atoms with E-state index in [2.05, 4.69) is 59.4 Å². The third-order valence-electron chi connectivity index (χ3n) is 4.09. The summed E-state index contributed by atoms with van der Waals surface area (Å²) in [5.41, 5.74) is 3.92. The van der Waals surface area contributed by atoms with Crippen LogP contribution in [0.1, 0.15) is 35.6 Å². The Bertz CT molecular complexity index is 633. The standard InChI is InChI=1S/C17H20N2S/c1-13-10-15(11-18-17(13)20)16-8-5-9-19(16)12-14-6-3-2-4-7-14/h2-4,6-7,10-11,16H,5,8-9,12H2,1H3,(H,18,20)/t16-/m0/s1. The van der Waals surface area contributed by atoms with E-state index in [1.54, 1.807) is 0 Å². The maximum Gasteiger partial charge on any atom is 0.106 e. The van der Waals surface area contributed by atoms with E-state index < -0.39 is 0 Å². The molecule has 1 saturated heterocycles. The lowest BCUT2D eigenvalue weighted by atomic mass is 10.0. The fraction of sp³-hybridized carbons (Fsp3) is 0.353. The number of aromatic amines is 1. The third kappa shape index (κ3) is 2.84. The monoisotopic (exact) mass is 284 g/mol. The topological polar surface area (TPSA) is 19.0 Å². The molecule has 2 nitrogen and oxygen atoms in total. The molecule has 2 aromatic rings. The molecule has 20 heavy (non-hydrogen) atoms. The fourth-order valence-corrected chi connectivity index (χ4v) is 3.14. The van der Waals surface area contributed by atoms with E-state index in [-0.39, 0.29) is 0 Å². The lowest BCUT2D eigenvalue weighted by molar-refractivity contribution is 0.248. The van der Waals surface area contributed by atoms with Crippen LogP contribution in [-0.2, 0) is 6.54 Å². The number of aryl methyl sites for hydroxylation is 1. The molecular weight excluding hydrogens is 264 g/mol. The van der Waals surface area contributed by atoms with Gasteiger partial charge in [-0.25, -0.2) is 0 Å². The molecule has 1 atom stereocenters. The zero-order valence-corrected chi connectivity index (χ0v) is 12.6. The highest BCUT2D eigenvalue weighted by Gasteiger charge is 2.26. The molecule has 0 bridgehead atoms. The maximum absolute atomic E-state index is 5.25. The smallest absolute Gasteiger partial charge is 0.106 e. The second-order valence-corrected chi connectivity index (χ2v) is 5.97. The molecule has 1 aliphatic rings. The van der Waals surface area contributed by atoms with E-state index in [1.807, 2.05) is 0 Å². The van der Waals surface area contributed by atoms with Gasteiger partial charge in [0, 0.05) is 18.8 Å². The van der Waals surface area contributed by atoms with Crippen LogP contribution >= 0.6 is 12.2 Å². The summed E-state index contributed by atoms with van der Waals surface area (Å²) in [5, 5.41) is 0. The summed E-state index contributed by atoms with van der Waals surface area (Å²) in [7, 11) is 0. The first-order valence-corrected chi connectivity index (χ1v) is 7.62. The Morgan fingerprint density at radius 3 is 2.85 bits per heavy atom. The number of hydrogen-bond acceptors (Lipinski definition) is 2. The van der Waals surface area contributed by atoms with Crippen molar-refractivity contribution < 1.29 is 0 Å². The minimum Gasteiger partial charge on any atom is -0.352 e. The Kier molecular flexibility index (Phi) is 3.99. The molecular formula is C17H20N2S. The highest BCUT2D eigenvalue weighted by molar-refractivity contribution is 7.71. The van der Waals surface area contributed by atoms with E-state index >= 15 is 0 Å².